The molecule has 0 aliphatic carbocycles. The Morgan fingerprint density at radius 3 is 2.94 bits per heavy atom. The molecule has 0 bridgehead atoms. The van der Waals surface area contributed by atoms with Crippen LogP contribution in [0.4, 0.5) is 5.69 Å². The summed E-state index contributed by atoms with van der Waals surface area (Å²) in [4.78, 5) is 1.08. The van der Waals surface area contributed by atoms with Gasteiger partial charge < -0.3 is 0 Å². The van der Waals surface area contributed by atoms with E-state index >= 15 is 0 Å². The molecule has 1 aromatic heterocycles. The smallest absolute Gasteiger partial charge is 0.0644 e. The number of benzene rings is 1. The Morgan fingerprint density at radius 2 is 2.25 bits per heavy atom. The molecule has 2 aromatic rings. The highest BCUT2D eigenvalue weighted by Gasteiger charge is 1.93. The van der Waals surface area contributed by atoms with Crippen LogP contribution in [0.5, 0.6) is 0 Å². The minimum Gasteiger partial charge on any atom is -0.278 e. The van der Waals surface area contributed by atoms with Crippen molar-refractivity contribution >= 4 is 50.8 Å². The van der Waals surface area contributed by atoms with Gasteiger partial charge in [0.25, 0.3) is 0 Å². The van der Waals surface area contributed by atoms with E-state index in [9.17, 15) is 0 Å². The Labute approximate surface area is 111 Å². The van der Waals surface area contributed by atoms with Crippen LogP contribution < -0.4 is 5.43 Å². The van der Waals surface area contributed by atoms with Crippen LogP contribution in [0.2, 0.25) is 5.02 Å². The number of nitrogens with zero attached hydrogens (tertiary/aromatic N) is 1. The molecule has 2 rings (SSSR count). The first kappa shape index (κ1) is 11.6. The van der Waals surface area contributed by atoms with Crippen molar-refractivity contribution in [2.24, 2.45) is 5.10 Å². The molecule has 0 aliphatic rings. The molecule has 0 aliphatic heterocycles. The van der Waals surface area contributed by atoms with Crippen LogP contribution in [-0.4, -0.2) is 6.21 Å². The molecular formula is C11H8BrClN2S. The topological polar surface area (TPSA) is 24.4 Å². The minimum atomic E-state index is 0.694. The molecule has 0 saturated carbocycles. The predicted molar refractivity (Wildman–Crippen MR) is 74.7 cm³/mol. The van der Waals surface area contributed by atoms with Gasteiger partial charge in [0.05, 0.1) is 11.9 Å². The predicted octanol–water partition coefficient (Wildman–Crippen LogP) is 4.61. The molecule has 0 saturated heterocycles. The third-order valence-electron chi connectivity index (χ3n) is 1.80. The molecule has 0 unspecified atom stereocenters. The van der Waals surface area contributed by atoms with Crippen molar-refractivity contribution in [3.05, 3.63) is 50.1 Å². The van der Waals surface area contributed by atoms with Crippen LogP contribution in [0.1, 0.15) is 4.88 Å². The first-order chi connectivity index (χ1) is 7.74. The van der Waals surface area contributed by atoms with E-state index in [2.05, 4.69) is 26.5 Å². The normalized spacial score (nSPS) is 10.9. The Morgan fingerprint density at radius 1 is 1.38 bits per heavy atom. The van der Waals surface area contributed by atoms with Crippen molar-refractivity contribution in [2.75, 3.05) is 5.43 Å². The second kappa shape index (κ2) is 5.48. The highest BCUT2D eigenvalue weighted by Crippen LogP contribution is 2.18. The van der Waals surface area contributed by atoms with Crippen LogP contribution >= 0.6 is 38.9 Å². The largest absolute Gasteiger partial charge is 0.278 e. The molecule has 0 amide bonds. The molecule has 0 radical (unpaired) electrons. The monoisotopic (exact) mass is 314 g/mol. The van der Waals surface area contributed by atoms with E-state index in [1.807, 2.05) is 35.7 Å². The maximum absolute atomic E-state index is 5.85. The number of rotatable bonds is 3. The molecule has 1 aromatic carbocycles. The lowest BCUT2D eigenvalue weighted by molar-refractivity contribution is 1.35. The first-order valence-electron chi connectivity index (χ1n) is 4.53. The fraction of sp³-hybridized carbons (Fsp3) is 0. The van der Waals surface area contributed by atoms with Crippen LogP contribution in [0.3, 0.4) is 0 Å². The maximum atomic E-state index is 5.85. The van der Waals surface area contributed by atoms with E-state index < -0.39 is 0 Å². The molecule has 82 valence electrons. The summed E-state index contributed by atoms with van der Waals surface area (Å²) in [7, 11) is 0. The summed E-state index contributed by atoms with van der Waals surface area (Å²) >= 11 is 10.9. The molecule has 5 heteroatoms. The van der Waals surface area contributed by atoms with E-state index in [4.69, 9.17) is 11.6 Å². The van der Waals surface area contributed by atoms with Gasteiger partial charge in [0, 0.05) is 19.8 Å². The second-order valence-electron chi connectivity index (χ2n) is 3.05. The van der Waals surface area contributed by atoms with E-state index in [0.717, 1.165) is 15.0 Å². The van der Waals surface area contributed by atoms with Crippen molar-refractivity contribution < 1.29 is 0 Å². The third-order valence-corrected chi connectivity index (χ3v) is 3.66. The van der Waals surface area contributed by atoms with Gasteiger partial charge in [-0.3, -0.25) is 5.43 Å². The summed E-state index contributed by atoms with van der Waals surface area (Å²) in [5.74, 6) is 0. The van der Waals surface area contributed by atoms with E-state index in [0.29, 0.717) is 5.02 Å². The standard InChI is InChI=1S/C11H8BrClN2S/c12-8-4-11(16-7-8)6-14-15-10-3-1-2-9(13)5-10/h1-7,15H/b14-6+. The summed E-state index contributed by atoms with van der Waals surface area (Å²) in [6, 6.07) is 9.44. The van der Waals surface area contributed by atoms with E-state index in [1.165, 1.54) is 0 Å². The number of halogens is 2. The zero-order valence-corrected chi connectivity index (χ0v) is 11.3. The maximum Gasteiger partial charge on any atom is 0.0644 e. The zero-order chi connectivity index (χ0) is 11.4. The zero-order valence-electron chi connectivity index (χ0n) is 8.15. The Hall–Kier alpha value is -0.840. The average molecular weight is 316 g/mol. The van der Waals surface area contributed by atoms with Crippen molar-refractivity contribution in [3.63, 3.8) is 0 Å². The molecule has 0 fully saturated rings. The molecule has 2 nitrogen and oxygen atoms in total. The van der Waals surface area contributed by atoms with Crippen LogP contribution in [0, 0.1) is 0 Å². The summed E-state index contributed by atoms with van der Waals surface area (Å²) in [6.45, 7) is 0. The lowest BCUT2D eigenvalue weighted by atomic mass is 10.3. The van der Waals surface area contributed by atoms with Gasteiger partial charge in [-0.15, -0.1) is 11.3 Å². The van der Waals surface area contributed by atoms with Crippen LogP contribution in [0.15, 0.2) is 45.3 Å². The molecule has 0 atom stereocenters. The first-order valence-corrected chi connectivity index (χ1v) is 6.58. The molecule has 1 N–H and O–H groups in total. The minimum absolute atomic E-state index is 0.694. The van der Waals surface area contributed by atoms with Crippen molar-refractivity contribution in [1.82, 2.24) is 0 Å². The summed E-state index contributed by atoms with van der Waals surface area (Å²) in [5.41, 5.74) is 3.79. The van der Waals surface area contributed by atoms with Gasteiger partial charge in [0.1, 0.15) is 0 Å². The van der Waals surface area contributed by atoms with E-state index in [-0.39, 0.29) is 0 Å². The second-order valence-corrected chi connectivity index (χ2v) is 5.34. The van der Waals surface area contributed by atoms with Crippen molar-refractivity contribution in [3.8, 4) is 0 Å². The number of hydrazone groups is 1. The SMILES string of the molecule is Clc1cccc(N/N=C/c2cc(Br)cs2)c1. The summed E-state index contributed by atoms with van der Waals surface area (Å²) in [5, 5.41) is 6.83. The lowest BCUT2D eigenvalue weighted by Crippen LogP contribution is -1.88. The Bertz CT molecular complexity index is 510. The van der Waals surface area contributed by atoms with Crippen molar-refractivity contribution in [1.29, 1.82) is 0 Å². The van der Waals surface area contributed by atoms with Gasteiger partial charge in [-0.05, 0) is 40.2 Å². The lowest BCUT2D eigenvalue weighted by Gasteiger charge is -1.98. The van der Waals surface area contributed by atoms with Gasteiger partial charge in [0.15, 0.2) is 0 Å². The molecule has 0 spiro atoms. The van der Waals surface area contributed by atoms with Gasteiger partial charge in [-0.25, -0.2) is 0 Å². The fourth-order valence-corrected chi connectivity index (χ4v) is 2.62. The highest BCUT2D eigenvalue weighted by molar-refractivity contribution is 9.10. The van der Waals surface area contributed by atoms with Gasteiger partial charge in [-0.1, -0.05) is 17.7 Å². The summed E-state index contributed by atoms with van der Waals surface area (Å²) in [6.07, 6.45) is 1.77. The Kier molecular flexibility index (Phi) is 3.98. The van der Waals surface area contributed by atoms with Crippen molar-refractivity contribution in [2.45, 2.75) is 0 Å². The molecular weight excluding hydrogens is 308 g/mol. The fourth-order valence-electron chi connectivity index (χ4n) is 1.12. The quantitative estimate of drug-likeness (QED) is 0.649. The molecule has 1 heterocycles. The number of hydrogen-bond donors (Lipinski definition) is 1. The number of thiophene rings is 1. The van der Waals surface area contributed by atoms with Gasteiger partial charge >= 0.3 is 0 Å². The third kappa shape index (κ3) is 3.33. The molecule has 16 heavy (non-hydrogen) atoms. The average Bonchev–Trinajstić information content (AvgIpc) is 2.64. The van der Waals surface area contributed by atoms with E-state index in [1.54, 1.807) is 17.6 Å². The van der Waals surface area contributed by atoms with Gasteiger partial charge in [0.2, 0.25) is 0 Å². The Balaban J connectivity index is 1.99. The summed E-state index contributed by atoms with van der Waals surface area (Å²) < 4.78 is 1.07. The van der Waals surface area contributed by atoms with Gasteiger partial charge in [-0.2, -0.15) is 5.10 Å². The highest BCUT2D eigenvalue weighted by atomic mass is 79.9. The number of anilines is 1. The van der Waals surface area contributed by atoms with Crippen LogP contribution in [-0.2, 0) is 0 Å². The number of hydrogen-bond acceptors (Lipinski definition) is 3. The van der Waals surface area contributed by atoms with Crippen LogP contribution in [0.25, 0.3) is 0 Å². The number of nitrogens with one attached hydrogen (secondary N) is 1.